The fourth-order valence-corrected chi connectivity index (χ4v) is 4.64. The summed E-state index contributed by atoms with van der Waals surface area (Å²) in [5, 5.41) is 0. The Morgan fingerprint density at radius 3 is 2.11 bits per heavy atom. The van der Waals surface area contributed by atoms with E-state index >= 15 is 4.39 Å². The Balaban J connectivity index is 1.52. The van der Waals surface area contributed by atoms with Crippen LogP contribution in [0.5, 0.6) is 5.75 Å². The molecular weight excluding hydrogens is 494 g/mol. The van der Waals surface area contributed by atoms with E-state index in [2.05, 4.69) is 6.58 Å². The van der Waals surface area contributed by atoms with Crippen LogP contribution in [-0.2, 0) is 11.2 Å². The van der Waals surface area contributed by atoms with E-state index in [4.69, 9.17) is 9.47 Å². The molecule has 2 atom stereocenters. The molecule has 0 aliphatic carbocycles. The van der Waals surface area contributed by atoms with Gasteiger partial charge >= 0.3 is 0 Å². The van der Waals surface area contributed by atoms with Crippen molar-refractivity contribution in [2.24, 2.45) is 0 Å². The first-order valence-electron chi connectivity index (χ1n) is 12.1. The molecule has 0 aromatic heterocycles. The van der Waals surface area contributed by atoms with Crippen molar-refractivity contribution in [3.05, 3.63) is 101 Å². The normalized spacial score (nSPS) is 17.6. The molecule has 2 unspecified atom stereocenters. The lowest BCUT2D eigenvalue weighted by Crippen LogP contribution is -2.21. The smallest absolute Gasteiger partial charge is 0.201 e. The van der Waals surface area contributed by atoms with E-state index in [0.29, 0.717) is 19.3 Å². The number of rotatable bonds is 8. The van der Waals surface area contributed by atoms with Crippen LogP contribution in [0.1, 0.15) is 54.9 Å². The molecule has 1 saturated heterocycles. The minimum absolute atomic E-state index is 0.0193. The summed E-state index contributed by atoms with van der Waals surface area (Å²) < 4.78 is 98.7. The summed E-state index contributed by atoms with van der Waals surface area (Å²) in [6, 6.07) is 7.78. The number of hydrogen-bond acceptors (Lipinski definition) is 2. The third-order valence-electron chi connectivity index (χ3n) is 6.62. The van der Waals surface area contributed by atoms with Crippen LogP contribution in [0.4, 0.5) is 26.3 Å². The SMILES string of the molecule is C=CCCc1ccc(C2CCC(c3ccc(-c4ccc(OCC)c(F)c4F)c(F)c3F)OC2)c(F)c1F. The summed E-state index contributed by atoms with van der Waals surface area (Å²) in [6.45, 7) is 5.27. The van der Waals surface area contributed by atoms with E-state index in [1.165, 1.54) is 18.2 Å². The Morgan fingerprint density at radius 2 is 1.46 bits per heavy atom. The van der Waals surface area contributed by atoms with Gasteiger partial charge in [0.1, 0.15) is 0 Å². The molecule has 1 fully saturated rings. The monoisotopic (exact) mass is 520 g/mol. The number of halogens is 6. The molecule has 1 aliphatic heterocycles. The van der Waals surface area contributed by atoms with Gasteiger partial charge < -0.3 is 9.47 Å². The molecule has 0 amide bonds. The Bertz CT molecular complexity index is 1300. The predicted octanol–water partition coefficient (Wildman–Crippen LogP) is 8.34. The second kappa shape index (κ2) is 11.4. The largest absolute Gasteiger partial charge is 0.491 e. The maximum atomic E-state index is 15.0. The first-order chi connectivity index (χ1) is 17.8. The third-order valence-corrected chi connectivity index (χ3v) is 6.62. The molecule has 0 spiro atoms. The van der Waals surface area contributed by atoms with Gasteiger partial charge in [-0.2, -0.15) is 4.39 Å². The van der Waals surface area contributed by atoms with Crippen LogP contribution in [0.25, 0.3) is 11.1 Å². The molecule has 196 valence electrons. The van der Waals surface area contributed by atoms with Crippen molar-refractivity contribution in [1.29, 1.82) is 0 Å². The number of allylic oxidation sites excluding steroid dienone is 1. The van der Waals surface area contributed by atoms with Crippen molar-refractivity contribution in [3.8, 4) is 16.9 Å². The van der Waals surface area contributed by atoms with Crippen molar-refractivity contribution >= 4 is 0 Å². The van der Waals surface area contributed by atoms with Crippen molar-refractivity contribution in [3.63, 3.8) is 0 Å². The van der Waals surface area contributed by atoms with Crippen LogP contribution >= 0.6 is 0 Å². The van der Waals surface area contributed by atoms with Gasteiger partial charge in [-0.05, 0) is 55.9 Å². The van der Waals surface area contributed by atoms with Gasteiger partial charge in [0.2, 0.25) is 5.82 Å². The third kappa shape index (κ3) is 5.25. The lowest BCUT2D eigenvalue weighted by Gasteiger charge is -2.30. The van der Waals surface area contributed by atoms with Gasteiger partial charge in [-0.25, -0.2) is 22.0 Å². The molecule has 3 aromatic rings. The van der Waals surface area contributed by atoms with Gasteiger partial charge in [-0.1, -0.05) is 30.3 Å². The summed E-state index contributed by atoms with van der Waals surface area (Å²) >= 11 is 0. The first-order valence-corrected chi connectivity index (χ1v) is 12.1. The van der Waals surface area contributed by atoms with E-state index < -0.39 is 58.1 Å². The fourth-order valence-electron chi connectivity index (χ4n) is 4.64. The van der Waals surface area contributed by atoms with E-state index in [0.717, 1.165) is 12.1 Å². The van der Waals surface area contributed by atoms with Gasteiger partial charge in [0.05, 0.1) is 19.3 Å². The van der Waals surface area contributed by atoms with Gasteiger partial charge in [-0.3, -0.25) is 0 Å². The summed E-state index contributed by atoms with van der Waals surface area (Å²) in [5.41, 5.74) is -0.533. The van der Waals surface area contributed by atoms with E-state index in [1.807, 2.05) is 0 Å². The number of aryl methyl sites for hydroxylation is 1. The molecule has 0 bridgehead atoms. The average Bonchev–Trinajstić information content (AvgIpc) is 2.90. The van der Waals surface area contributed by atoms with Crippen molar-refractivity contribution in [2.45, 2.75) is 44.6 Å². The molecule has 2 nitrogen and oxygen atoms in total. The van der Waals surface area contributed by atoms with E-state index in [9.17, 15) is 22.0 Å². The zero-order chi connectivity index (χ0) is 26.7. The lowest BCUT2D eigenvalue weighted by molar-refractivity contribution is -0.000640. The first kappa shape index (κ1) is 26.8. The van der Waals surface area contributed by atoms with Gasteiger partial charge in [0.15, 0.2) is 34.8 Å². The second-order valence-electron chi connectivity index (χ2n) is 8.87. The maximum Gasteiger partial charge on any atom is 0.201 e. The highest BCUT2D eigenvalue weighted by Gasteiger charge is 2.31. The molecule has 4 rings (SSSR count). The fraction of sp³-hybridized carbons (Fsp3) is 0.310. The Kier molecular flexibility index (Phi) is 8.27. The van der Waals surface area contributed by atoms with Crippen molar-refractivity contribution in [1.82, 2.24) is 0 Å². The molecule has 0 radical (unpaired) electrons. The van der Waals surface area contributed by atoms with E-state index in [1.54, 1.807) is 19.1 Å². The van der Waals surface area contributed by atoms with Crippen LogP contribution in [0.3, 0.4) is 0 Å². The molecule has 3 aromatic carbocycles. The van der Waals surface area contributed by atoms with Crippen LogP contribution < -0.4 is 4.74 Å². The summed E-state index contributed by atoms with van der Waals surface area (Å²) in [4.78, 5) is 0. The predicted molar refractivity (Wildman–Crippen MR) is 128 cm³/mol. The highest BCUT2D eigenvalue weighted by Crippen LogP contribution is 2.40. The van der Waals surface area contributed by atoms with Gasteiger partial charge in [-0.15, -0.1) is 6.58 Å². The Morgan fingerprint density at radius 1 is 0.811 bits per heavy atom. The lowest BCUT2D eigenvalue weighted by atomic mass is 9.87. The zero-order valence-corrected chi connectivity index (χ0v) is 20.2. The van der Waals surface area contributed by atoms with Crippen LogP contribution in [0.2, 0.25) is 0 Å². The Labute approximate surface area is 211 Å². The average molecular weight is 521 g/mol. The Hall–Kier alpha value is -3.26. The molecule has 1 heterocycles. The van der Waals surface area contributed by atoms with Crippen molar-refractivity contribution in [2.75, 3.05) is 13.2 Å². The molecule has 1 aliphatic rings. The zero-order valence-electron chi connectivity index (χ0n) is 20.2. The number of benzene rings is 3. The molecule has 0 N–H and O–H groups in total. The summed E-state index contributed by atoms with van der Waals surface area (Å²) in [5.74, 6) is -7.82. The van der Waals surface area contributed by atoms with Crippen molar-refractivity contribution < 1.29 is 35.8 Å². The number of ether oxygens (including phenoxy) is 2. The maximum absolute atomic E-state index is 15.0. The van der Waals surface area contributed by atoms with Crippen LogP contribution in [0.15, 0.2) is 49.1 Å². The minimum atomic E-state index is -1.35. The minimum Gasteiger partial charge on any atom is -0.491 e. The molecule has 37 heavy (non-hydrogen) atoms. The molecule has 0 saturated carbocycles. The second-order valence-corrected chi connectivity index (χ2v) is 8.87. The van der Waals surface area contributed by atoms with E-state index in [-0.39, 0.29) is 42.1 Å². The quantitative estimate of drug-likeness (QED) is 0.220. The number of hydrogen-bond donors (Lipinski definition) is 0. The molecule has 8 heteroatoms. The topological polar surface area (TPSA) is 18.5 Å². The highest BCUT2D eigenvalue weighted by molar-refractivity contribution is 5.66. The summed E-state index contributed by atoms with van der Waals surface area (Å²) in [7, 11) is 0. The van der Waals surface area contributed by atoms with Crippen LogP contribution in [-0.4, -0.2) is 13.2 Å². The van der Waals surface area contributed by atoms with Gasteiger partial charge in [0.25, 0.3) is 0 Å². The summed E-state index contributed by atoms with van der Waals surface area (Å²) in [6.07, 6.45) is 2.23. The standard InChI is InChI=1S/C29H26F6O2/c1-3-5-6-16-7-9-18(25(31)24(16)30)17-8-13-22(37-15-17)21-11-10-19(26(32)28(21)34)20-12-14-23(36-4-2)29(35)27(20)33/h3,7,9-12,14,17,22H,1,4-6,8,13,15H2,2H3. The molecular formula is C29H26F6O2. The highest BCUT2D eigenvalue weighted by atomic mass is 19.2. The van der Waals surface area contributed by atoms with Gasteiger partial charge in [0, 0.05) is 22.6 Å². The van der Waals surface area contributed by atoms with Crippen LogP contribution in [0, 0.1) is 34.9 Å².